The number of benzene rings is 1. The lowest BCUT2D eigenvalue weighted by atomic mass is 9.97. The Bertz CT molecular complexity index is 519. The van der Waals surface area contributed by atoms with Crippen LogP contribution in [0.1, 0.15) is 23.2 Å². The van der Waals surface area contributed by atoms with E-state index in [2.05, 4.69) is 0 Å². The molecule has 0 aromatic heterocycles. The molecule has 1 aliphatic heterocycles. The molecule has 19 heavy (non-hydrogen) atoms. The quantitative estimate of drug-likeness (QED) is 0.914. The van der Waals surface area contributed by atoms with E-state index in [1.54, 1.807) is 12.1 Å². The smallest absolute Gasteiger partial charge is 0.308 e. The average Bonchev–Trinajstić information content (AvgIpc) is 2.41. The molecule has 6 heteroatoms. The van der Waals surface area contributed by atoms with Gasteiger partial charge in [-0.2, -0.15) is 0 Å². The number of halogens is 2. The molecule has 1 aliphatic rings. The van der Waals surface area contributed by atoms with Crippen molar-refractivity contribution in [2.75, 3.05) is 13.1 Å². The molecule has 1 aromatic rings. The molecule has 1 N–H and O–H groups in total. The van der Waals surface area contributed by atoms with Gasteiger partial charge in [0.25, 0.3) is 5.91 Å². The Morgan fingerprint density at radius 1 is 1.32 bits per heavy atom. The second-order valence-electron chi connectivity index (χ2n) is 4.55. The molecule has 0 saturated carbocycles. The van der Waals surface area contributed by atoms with Crippen molar-refractivity contribution in [1.82, 2.24) is 4.90 Å². The van der Waals surface area contributed by atoms with Gasteiger partial charge in [-0.3, -0.25) is 9.59 Å². The summed E-state index contributed by atoms with van der Waals surface area (Å²) in [6.07, 6.45) is 1.28. The van der Waals surface area contributed by atoms with Crippen LogP contribution in [0.3, 0.4) is 0 Å². The number of rotatable bonds is 2. The van der Waals surface area contributed by atoms with Gasteiger partial charge in [-0.25, -0.2) is 0 Å². The second kappa shape index (κ2) is 5.80. The molecule has 102 valence electrons. The summed E-state index contributed by atoms with van der Waals surface area (Å²) in [6, 6.07) is 4.68. The molecule has 0 spiro atoms. The Hall–Kier alpha value is -1.26. The molecule has 0 bridgehead atoms. The summed E-state index contributed by atoms with van der Waals surface area (Å²) in [4.78, 5) is 24.9. The zero-order chi connectivity index (χ0) is 14.0. The van der Waals surface area contributed by atoms with Crippen LogP contribution in [0.2, 0.25) is 10.0 Å². The third-order valence-corrected chi connectivity index (χ3v) is 3.78. The fourth-order valence-corrected chi connectivity index (χ4v) is 2.57. The fraction of sp³-hybridized carbons (Fsp3) is 0.385. The molecule has 0 aliphatic carbocycles. The van der Waals surface area contributed by atoms with E-state index in [1.807, 2.05) is 0 Å². The predicted molar refractivity (Wildman–Crippen MR) is 72.7 cm³/mol. The van der Waals surface area contributed by atoms with Crippen LogP contribution in [-0.4, -0.2) is 35.0 Å². The highest BCUT2D eigenvalue weighted by atomic mass is 35.5. The lowest BCUT2D eigenvalue weighted by molar-refractivity contribution is -0.143. The number of carboxylic acid groups (broad SMARTS) is 1. The van der Waals surface area contributed by atoms with E-state index < -0.39 is 11.9 Å². The number of carbonyl (C=O) groups excluding carboxylic acids is 1. The van der Waals surface area contributed by atoms with Crippen LogP contribution in [0.4, 0.5) is 0 Å². The molecule has 1 aromatic carbocycles. The molecule has 4 nitrogen and oxygen atoms in total. The molecule has 1 saturated heterocycles. The SMILES string of the molecule is O=C(O)[C@@H]1CCCN(C(=O)c2cc(Cl)ccc2Cl)C1. The number of nitrogens with zero attached hydrogens (tertiary/aromatic N) is 1. The molecule has 1 heterocycles. The third kappa shape index (κ3) is 3.19. The predicted octanol–water partition coefficient (Wildman–Crippen LogP) is 2.93. The van der Waals surface area contributed by atoms with E-state index in [1.165, 1.54) is 11.0 Å². The Labute approximate surface area is 120 Å². The Morgan fingerprint density at radius 3 is 2.74 bits per heavy atom. The molecule has 1 fully saturated rings. The summed E-state index contributed by atoms with van der Waals surface area (Å²) in [5.74, 6) is -1.64. The van der Waals surface area contributed by atoms with Crippen molar-refractivity contribution in [1.29, 1.82) is 0 Å². The minimum atomic E-state index is -0.866. The van der Waals surface area contributed by atoms with Crippen LogP contribution in [0.15, 0.2) is 18.2 Å². The average molecular weight is 302 g/mol. The van der Waals surface area contributed by atoms with Crippen molar-refractivity contribution >= 4 is 35.1 Å². The Morgan fingerprint density at radius 2 is 2.05 bits per heavy atom. The van der Waals surface area contributed by atoms with Gasteiger partial charge in [-0.05, 0) is 31.0 Å². The number of carbonyl (C=O) groups is 2. The van der Waals surface area contributed by atoms with Gasteiger partial charge in [0, 0.05) is 18.1 Å². The summed E-state index contributed by atoms with van der Waals surface area (Å²) < 4.78 is 0. The molecule has 1 amide bonds. The van der Waals surface area contributed by atoms with Gasteiger partial charge >= 0.3 is 5.97 Å². The molecule has 0 radical (unpaired) electrons. The topological polar surface area (TPSA) is 57.6 Å². The van der Waals surface area contributed by atoms with Crippen LogP contribution >= 0.6 is 23.2 Å². The lowest BCUT2D eigenvalue weighted by Crippen LogP contribution is -2.42. The fourth-order valence-electron chi connectivity index (χ4n) is 2.19. The van der Waals surface area contributed by atoms with Gasteiger partial charge in [0.2, 0.25) is 0 Å². The highest BCUT2D eigenvalue weighted by Gasteiger charge is 2.29. The maximum Gasteiger partial charge on any atom is 0.308 e. The van der Waals surface area contributed by atoms with E-state index in [0.717, 1.165) is 0 Å². The van der Waals surface area contributed by atoms with Crippen molar-refractivity contribution in [3.63, 3.8) is 0 Å². The third-order valence-electron chi connectivity index (χ3n) is 3.22. The number of likely N-dealkylation sites (tertiary alicyclic amines) is 1. The second-order valence-corrected chi connectivity index (χ2v) is 5.40. The van der Waals surface area contributed by atoms with Crippen molar-refractivity contribution in [3.8, 4) is 0 Å². The van der Waals surface area contributed by atoms with E-state index in [-0.39, 0.29) is 12.5 Å². The van der Waals surface area contributed by atoms with Crippen LogP contribution in [-0.2, 0) is 4.79 Å². The van der Waals surface area contributed by atoms with Crippen molar-refractivity contribution in [3.05, 3.63) is 33.8 Å². The normalized spacial score (nSPS) is 19.3. The van der Waals surface area contributed by atoms with Gasteiger partial charge in [0.05, 0.1) is 16.5 Å². The van der Waals surface area contributed by atoms with Crippen LogP contribution in [0.5, 0.6) is 0 Å². The largest absolute Gasteiger partial charge is 0.481 e. The first-order chi connectivity index (χ1) is 8.99. The summed E-state index contributed by atoms with van der Waals surface area (Å²) in [6.45, 7) is 0.766. The van der Waals surface area contributed by atoms with Crippen LogP contribution in [0, 0.1) is 5.92 Å². The summed E-state index contributed by atoms with van der Waals surface area (Å²) in [5.41, 5.74) is 0.320. The van der Waals surface area contributed by atoms with E-state index in [0.29, 0.717) is 35.0 Å². The molecule has 1 atom stereocenters. The van der Waals surface area contributed by atoms with Crippen molar-refractivity contribution in [2.45, 2.75) is 12.8 Å². The van der Waals surface area contributed by atoms with Crippen molar-refractivity contribution in [2.24, 2.45) is 5.92 Å². The molecular weight excluding hydrogens is 289 g/mol. The summed E-state index contributed by atoms with van der Waals surface area (Å²) >= 11 is 11.8. The van der Waals surface area contributed by atoms with Gasteiger partial charge in [-0.1, -0.05) is 23.2 Å². The minimum absolute atomic E-state index is 0.219. The maximum absolute atomic E-state index is 12.3. The zero-order valence-electron chi connectivity index (χ0n) is 10.1. The number of aliphatic carboxylic acids is 1. The zero-order valence-corrected chi connectivity index (χ0v) is 11.6. The minimum Gasteiger partial charge on any atom is -0.481 e. The monoisotopic (exact) mass is 301 g/mol. The lowest BCUT2D eigenvalue weighted by Gasteiger charge is -2.31. The van der Waals surface area contributed by atoms with E-state index in [9.17, 15) is 9.59 Å². The molecular formula is C13H13Cl2NO3. The highest BCUT2D eigenvalue weighted by molar-refractivity contribution is 6.35. The molecule has 2 rings (SSSR count). The summed E-state index contributed by atoms with van der Waals surface area (Å²) in [5, 5.41) is 9.78. The number of carboxylic acids is 1. The van der Waals surface area contributed by atoms with Gasteiger partial charge in [0.15, 0.2) is 0 Å². The van der Waals surface area contributed by atoms with Crippen LogP contribution in [0.25, 0.3) is 0 Å². The van der Waals surface area contributed by atoms with Gasteiger partial charge in [0.1, 0.15) is 0 Å². The van der Waals surface area contributed by atoms with Crippen molar-refractivity contribution < 1.29 is 14.7 Å². The van der Waals surface area contributed by atoms with E-state index in [4.69, 9.17) is 28.3 Å². The number of hydrogen-bond acceptors (Lipinski definition) is 2. The number of hydrogen-bond donors (Lipinski definition) is 1. The molecule has 0 unspecified atom stereocenters. The number of piperidine rings is 1. The first kappa shape index (κ1) is 14.2. The van der Waals surface area contributed by atoms with Gasteiger partial charge < -0.3 is 10.0 Å². The van der Waals surface area contributed by atoms with Crippen LogP contribution < -0.4 is 0 Å². The summed E-state index contributed by atoms with van der Waals surface area (Å²) in [7, 11) is 0. The van der Waals surface area contributed by atoms with Gasteiger partial charge in [-0.15, -0.1) is 0 Å². The Kier molecular flexibility index (Phi) is 4.32. The first-order valence-electron chi connectivity index (χ1n) is 5.96. The van der Waals surface area contributed by atoms with E-state index >= 15 is 0 Å². The standard InChI is InChI=1S/C13H13Cl2NO3/c14-9-3-4-11(15)10(6-9)12(17)16-5-1-2-8(7-16)13(18)19/h3-4,6,8H,1-2,5,7H2,(H,18,19)/t8-/m1/s1. The maximum atomic E-state index is 12.3. The highest BCUT2D eigenvalue weighted by Crippen LogP contribution is 2.25. The Balaban J connectivity index is 2.19. The first-order valence-corrected chi connectivity index (χ1v) is 6.72. The number of amides is 1.